The summed E-state index contributed by atoms with van der Waals surface area (Å²) < 4.78 is 13.8. The summed E-state index contributed by atoms with van der Waals surface area (Å²) in [5.41, 5.74) is 1.60. The SMILES string of the molecule is Cc1ccc(C(O)=C2C(=O)C(=O)N(C[C@@H](C)O)[C@H]2c2cccc(F)c2)cc1. The van der Waals surface area contributed by atoms with E-state index in [0.717, 1.165) is 5.56 Å². The number of aliphatic hydroxyl groups is 2. The Labute approximate surface area is 156 Å². The number of rotatable bonds is 4. The number of β-amino-alcohol motifs (C(OH)–C–C–N with tert-alkyl or cyclic N) is 1. The van der Waals surface area contributed by atoms with Gasteiger partial charge in [-0.15, -0.1) is 0 Å². The topological polar surface area (TPSA) is 77.8 Å². The molecule has 2 atom stereocenters. The highest BCUT2D eigenvalue weighted by molar-refractivity contribution is 6.46. The number of hydrogen-bond donors (Lipinski definition) is 2. The van der Waals surface area contributed by atoms with Crippen LogP contribution in [-0.2, 0) is 9.59 Å². The molecule has 1 aliphatic heterocycles. The van der Waals surface area contributed by atoms with Gasteiger partial charge in [0.15, 0.2) is 0 Å². The summed E-state index contributed by atoms with van der Waals surface area (Å²) in [6, 6.07) is 11.4. The van der Waals surface area contributed by atoms with E-state index in [2.05, 4.69) is 0 Å². The second-order valence-corrected chi connectivity index (χ2v) is 6.72. The van der Waals surface area contributed by atoms with Crippen molar-refractivity contribution in [1.82, 2.24) is 4.90 Å². The average molecular weight is 369 g/mol. The summed E-state index contributed by atoms with van der Waals surface area (Å²) in [5, 5.41) is 20.5. The smallest absolute Gasteiger partial charge is 0.295 e. The maximum Gasteiger partial charge on any atom is 0.295 e. The van der Waals surface area contributed by atoms with E-state index in [1.165, 1.54) is 30.0 Å². The Balaban J connectivity index is 2.19. The lowest BCUT2D eigenvalue weighted by Gasteiger charge is -2.26. The maximum absolute atomic E-state index is 13.8. The minimum absolute atomic E-state index is 0.115. The van der Waals surface area contributed by atoms with Crippen molar-refractivity contribution in [2.45, 2.75) is 26.0 Å². The molecule has 1 saturated heterocycles. The lowest BCUT2D eigenvalue weighted by molar-refractivity contribution is -0.140. The van der Waals surface area contributed by atoms with Crippen molar-refractivity contribution in [3.63, 3.8) is 0 Å². The number of amides is 1. The van der Waals surface area contributed by atoms with Crippen LogP contribution in [0.2, 0.25) is 0 Å². The molecular weight excluding hydrogens is 349 g/mol. The third-order valence-electron chi connectivity index (χ3n) is 4.49. The van der Waals surface area contributed by atoms with Crippen LogP contribution in [0.15, 0.2) is 54.1 Å². The molecule has 0 unspecified atom stereocenters. The largest absolute Gasteiger partial charge is 0.507 e. The zero-order valence-corrected chi connectivity index (χ0v) is 15.0. The molecule has 2 aromatic carbocycles. The Morgan fingerprint density at radius 1 is 1.19 bits per heavy atom. The molecule has 0 aliphatic carbocycles. The zero-order valence-electron chi connectivity index (χ0n) is 15.0. The highest BCUT2D eigenvalue weighted by atomic mass is 19.1. The molecule has 27 heavy (non-hydrogen) atoms. The van der Waals surface area contributed by atoms with Gasteiger partial charge >= 0.3 is 0 Å². The molecule has 0 bridgehead atoms. The Morgan fingerprint density at radius 2 is 1.85 bits per heavy atom. The van der Waals surface area contributed by atoms with E-state index in [1.54, 1.807) is 30.3 Å². The summed E-state index contributed by atoms with van der Waals surface area (Å²) in [6.07, 6.45) is -0.890. The molecule has 1 aliphatic rings. The lowest BCUT2D eigenvalue weighted by Crippen LogP contribution is -2.35. The molecule has 140 valence electrons. The number of Topliss-reactive ketones (excluding diaryl/α,β-unsaturated/α-hetero) is 1. The summed E-state index contributed by atoms with van der Waals surface area (Å²) in [6.45, 7) is 3.26. The minimum atomic E-state index is -0.975. The molecule has 2 aromatic rings. The van der Waals surface area contributed by atoms with Crippen molar-refractivity contribution >= 4 is 17.4 Å². The standard InChI is InChI=1S/C21H20FNO4/c1-12-6-8-14(9-7-12)19(25)17-18(15-4-3-5-16(22)10-15)23(11-13(2)24)21(27)20(17)26/h3-10,13,18,24-25H,11H2,1-2H3/t13-,18+/m1/s1. The molecule has 5 nitrogen and oxygen atoms in total. The van der Waals surface area contributed by atoms with Crippen LogP contribution in [0.3, 0.4) is 0 Å². The monoisotopic (exact) mass is 369 g/mol. The van der Waals surface area contributed by atoms with Crippen LogP contribution in [0.25, 0.3) is 5.76 Å². The first kappa shape index (κ1) is 18.8. The molecule has 6 heteroatoms. The van der Waals surface area contributed by atoms with Gasteiger partial charge in [0, 0.05) is 12.1 Å². The van der Waals surface area contributed by atoms with Gasteiger partial charge in [-0.2, -0.15) is 0 Å². The van der Waals surface area contributed by atoms with Crippen molar-refractivity contribution < 1.29 is 24.2 Å². The predicted octanol–water partition coefficient (Wildman–Crippen LogP) is 2.94. The van der Waals surface area contributed by atoms with E-state index in [4.69, 9.17) is 0 Å². The Bertz CT molecular complexity index is 918. The fourth-order valence-electron chi connectivity index (χ4n) is 3.24. The van der Waals surface area contributed by atoms with E-state index in [9.17, 15) is 24.2 Å². The number of benzene rings is 2. The number of carbonyl (C=O) groups excluding carboxylic acids is 2. The van der Waals surface area contributed by atoms with Crippen LogP contribution in [0.1, 0.15) is 29.7 Å². The van der Waals surface area contributed by atoms with Gasteiger partial charge in [0.25, 0.3) is 11.7 Å². The van der Waals surface area contributed by atoms with Crippen molar-refractivity contribution in [2.24, 2.45) is 0 Å². The molecule has 0 spiro atoms. The first-order valence-corrected chi connectivity index (χ1v) is 8.58. The van der Waals surface area contributed by atoms with Crippen LogP contribution in [0.4, 0.5) is 4.39 Å². The second kappa shape index (κ2) is 7.32. The fraction of sp³-hybridized carbons (Fsp3) is 0.238. The normalized spacial score (nSPS) is 20.1. The van der Waals surface area contributed by atoms with Crippen molar-refractivity contribution in [2.75, 3.05) is 6.54 Å². The third-order valence-corrected chi connectivity index (χ3v) is 4.49. The highest BCUT2D eigenvalue weighted by Gasteiger charge is 2.46. The van der Waals surface area contributed by atoms with Gasteiger partial charge in [-0.05, 0) is 31.5 Å². The number of nitrogens with zero attached hydrogens (tertiary/aromatic N) is 1. The Morgan fingerprint density at radius 3 is 2.44 bits per heavy atom. The van der Waals surface area contributed by atoms with Crippen LogP contribution < -0.4 is 0 Å². The van der Waals surface area contributed by atoms with Crippen LogP contribution >= 0.6 is 0 Å². The summed E-state index contributed by atoms with van der Waals surface area (Å²) in [7, 11) is 0. The van der Waals surface area contributed by atoms with Crippen LogP contribution in [0, 0.1) is 12.7 Å². The van der Waals surface area contributed by atoms with E-state index >= 15 is 0 Å². The van der Waals surface area contributed by atoms with Crippen molar-refractivity contribution in [3.05, 3.63) is 76.6 Å². The zero-order chi connectivity index (χ0) is 19.7. The Hall–Kier alpha value is -2.99. The molecule has 1 heterocycles. The molecule has 0 aromatic heterocycles. The number of aryl methyl sites for hydroxylation is 1. The van der Waals surface area contributed by atoms with Gasteiger partial charge in [0.2, 0.25) is 0 Å². The number of hydrogen-bond acceptors (Lipinski definition) is 4. The van der Waals surface area contributed by atoms with Gasteiger partial charge in [-0.25, -0.2) is 4.39 Å². The molecule has 3 rings (SSSR count). The van der Waals surface area contributed by atoms with E-state index < -0.39 is 29.7 Å². The number of carbonyl (C=O) groups is 2. The van der Waals surface area contributed by atoms with E-state index in [1.807, 2.05) is 6.92 Å². The number of likely N-dealkylation sites (tertiary alicyclic amines) is 1. The molecule has 0 radical (unpaired) electrons. The summed E-state index contributed by atoms with van der Waals surface area (Å²) in [4.78, 5) is 26.4. The van der Waals surface area contributed by atoms with Gasteiger partial charge in [0.1, 0.15) is 11.6 Å². The summed E-state index contributed by atoms with van der Waals surface area (Å²) >= 11 is 0. The predicted molar refractivity (Wildman–Crippen MR) is 98.3 cm³/mol. The fourth-order valence-corrected chi connectivity index (χ4v) is 3.24. The first-order valence-electron chi connectivity index (χ1n) is 8.58. The van der Waals surface area contributed by atoms with Gasteiger partial charge in [-0.3, -0.25) is 9.59 Å². The quantitative estimate of drug-likeness (QED) is 0.493. The first-order chi connectivity index (χ1) is 12.8. The van der Waals surface area contributed by atoms with Crippen LogP contribution in [0.5, 0.6) is 0 Å². The number of aliphatic hydroxyl groups excluding tert-OH is 2. The number of ketones is 1. The molecule has 1 amide bonds. The van der Waals surface area contributed by atoms with E-state index in [-0.39, 0.29) is 17.9 Å². The number of halogens is 1. The molecule has 2 N–H and O–H groups in total. The van der Waals surface area contributed by atoms with Gasteiger partial charge in [0.05, 0.1) is 17.7 Å². The highest BCUT2D eigenvalue weighted by Crippen LogP contribution is 2.39. The Kier molecular flexibility index (Phi) is 5.10. The lowest BCUT2D eigenvalue weighted by atomic mass is 9.95. The van der Waals surface area contributed by atoms with Gasteiger partial charge < -0.3 is 15.1 Å². The van der Waals surface area contributed by atoms with Crippen molar-refractivity contribution in [1.29, 1.82) is 0 Å². The van der Waals surface area contributed by atoms with Crippen molar-refractivity contribution in [3.8, 4) is 0 Å². The van der Waals surface area contributed by atoms with Crippen LogP contribution in [-0.4, -0.2) is 39.5 Å². The average Bonchev–Trinajstić information content (AvgIpc) is 2.86. The third kappa shape index (κ3) is 3.61. The molecular formula is C21H20FNO4. The van der Waals surface area contributed by atoms with Gasteiger partial charge in [-0.1, -0.05) is 42.0 Å². The summed E-state index contributed by atoms with van der Waals surface area (Å²) in [5.74, 6) is -2.54. The molecule has 1 fully saturated rings. The maximum atomic E-state index is 13.8. The second-order valence-electron chi connectivity index (χ2n) is 6.72. The minimum Gasteiger partial charge on any atom is -0.507 e. The molecule has 0 saturated carbocycles. The van der Waals surface area contributed by atoms with E-state index in [0.29, 0.717) is 11.1 Å².